The molecule has 2 rings (SSSR count). The lowest BCUT2D eigenvalue weighted by molar-refractivity contribution is -0.154. The van der Waals surface area contributed by atoms with Crippen LogP contribution in [-0.2, 0) is 9.59 Å². The average Bonchev–Trinajstić information content (AvgIpc) is 2.70. The highest BCUT2D eigenvalue weighted by Gasteiger charge is 2.44. The summed E-state index contributed by atoms with van der Waals surface area (Å²) in [5.41, 5.74) is 0.401. The third-order valence-corrected chi connectivity index (χ3v) is 4.64. The van der Waals surface area contributed by atoms with Crippen molar-refractivity contribution in [3.8, 4) is 0 Å². The molecule has 1 aliphatic rings. The summed E-state index contributed by atoms with van der Waals surface area (Å²) in [5, 5.41) is 13.8. The zero-order chi connectivity index (χ0) is 13.9. The number of amides is 1. The van der Waals surface area contributed by atoms with Gasteiger partial charge < -0.3 is 10.4 Å². The molecule has 1 aromatic heterocycles. The number of hydrogen-bond donors (Lipinski definition) is 2. The van der Waals surface area contributed by atoms with Crippen LogP contribution in [0.1, 0.15) is 29.7 Å². The van der Waals surface area contributed by atoms with Crippen LogP contribution in [0, 0.1) is 12.3 Å². The Labute approximate surface area is 116 Å². The normalized spacial score (nSPS) is 17.1. The number of carboxylic acid groups (broad SMARTS) is 1. The molecule has 0 bridgehead atoms. The summed E-state index contributed by atoms with van der Waals surface area (Å²) in [6, 6.07) is 2.00. The molecule has 0 radical (unpaired) electrons. The molecule has 5 heteroatoms. The number of aryl methyl sites for hydroxylation is 1. The number of carbonyl (C=O) groups is 2. The second kappa shape index (κ2) is 5.57. The van der Waals surface area contributed by atoms with Crippen molar-refractivity contribution in [1.82, 2.24) is 5.32 Å². The van der Waals surface area contributed by atoms with Gasteiger partial charge in [-0.1, -0.05) is 6.42 Å². The van der Waals surface area contributed by atoms with Gasteiger partial charge in [0.2, 0.25) is 5.91 Å². The van der Waals surface area contributed by atoms with E-state index in [4.69, 9.17) is 5.11 Å². The van der Waals surface area contributed by atoms with Gasteiger partial charge in [-0.25, -0.2) is 0 Å². The second-order valence-corrected chi connectivity index (χ2v) is 5.91. The van der Waals surface area contributed by atoms with Crippen LogP contribution >= 0.6 is 11.3 Å². The fraction of sp³-hybridized carbons (Fsp3) is 0.429. The molecule has 0 aromatic carbocycles. The highest BCUT2D eigenvalue weighted by atomic mass is 32.1. The van der Waals surface area contributed by atoms with Gasteiger partial charge in [0, 0.05) is 17.5 Å². The molecule has 4 nitrogen and oxygen atoms in total. The fourth-order valence-electron chi connectivity index (χ4n) is 2.09. The van der Waals surface area contributed by atoms with Crippen LogP contribution in [0.2, 0.25) is 0 Å². The van der Waals surface area contributed by atoms with E-state index in [0.29, 0.717) is 12.8 Å². The first-order chi connectivity index (χ1) is 9.03. The Hall–Kier alpha value is -1.62. The lowest BCUT2D eigenvalue weighted by atomic mass is 9.69. The van der Waals surface area contributed by atoms with Crippen LogP contribution in [0.5, 0.6) is 0 Å². The zero-order valence-electron chi connectivity index (χ0n) is 10.8. The first kappa shape index (κ1) is 13.8. The largest absolute Gasteiger partial charge is 0.481 e. The average molecular weight is 279 g/mol. The van der Waals surface area contributed by atoms with Gasteiger partial charge >= 0.3 is 5.97 Å². The van der Waals surface area contributed by atoms with Gasteiger partial charge in [0.25, 0.3) is 0 Å². The Morgan fingerprint density at radius 3 is 2.74 bits per heavy atom. The molecule has 1 heterocycles. The van der Waals surface area contributed by atoms with Crippen molar-refractivity contribution in [2.24, 2.45) is 5.41 Å². The van der Waals surface area contributed by atoms with Gasteiger partial charge in [0.1, 0.15) is 0 Å². The molecule has 1 fully saturated rings. The number of carbonyl (C=O) groups excluding carboxylic acids is 1. The number of carboxylic acids is 1. The molecular weight excluding hydrogens is 262 g/mol. The van der Waals surface area contributed by atoms with Gasteiger partial charge in [-0.05, 0) is 42.9 Å². The van der Waals surface area contributed by atoms with Crippen LogP contribution in [0.25, 0.3) is 6.08 Å². The van der Waals surface area contributed by atoms with Crippen molar-refractivity contribution in [1.29, 1.82) is 0 Å². The Morgan fingerprint density at radius 2 is 2.26 bits per heavy atom. The first-order valence-electron chi connectivity index (χ1n) is 6.27. The van der Waals surface area contributed by atoms with E-state index in [-0.39, 0.29) is 12.5 Å². The summed E-state index contributed by atoms with van der Waals surface area (Å²) in [6.45, 7) is 2.21. The van der Waals surface area contributed by atoms with Crippen LogP contribution < -0.4 is 5.32 Å². The summed E-state index contributed by atoms with van der Waals surface area (Å²) in [6.07, 6.45) is 5.45. The molecule has 102 valence electrons. The number of nitrogens with one attached hydrogen (secondary N) is 1. The second-order valence-electron chi connectivity index (χ2n) is 4.96. The summed E-state index contributed by atoms with van der Waals surface area (Å²) >= 11 is 1.57. The molecule has 1 saturated carbocycles. The van der Waals surface area contributed by atoms with Crippen LogP contribution in [-0.4, -0.2) is 23.5 Å². The minimum atomic E-state index is -0.808. The smallest absolute Gasteiger partial charge is 0.311 e. The highest BCUT2D eigenvalue weighted by Crippen LogP contribution is 2.40. The Balaban J connectivity index is 1.87. The molecule has 0 spiro atoms. The van der Waals surface area contributed by atoms with E-state index in [9.17, 15) is 9.59 Å². The SMILES string of the molecule is Cc1ccsc1/C=C/C(=O)NCC1(C(=O)O)CCC1. The molecule has 0 atom stereocenters. The number of rotatable bonds is 5. The molecule has 1 amide bonds. The van der Waals surface area contributed by atoms with Crippen LogP contribution in [0.4, 0.5) is 0 Å². The number of aliphatic carboxylic acids is 1. The lowest BCUT2D eigenvalue weighted by Crippen LogP contribution is -2.47. The lowest BCUT2D eigenvalue weighted by Gasteiger charge is -2.37. The maximum Gasteiger partial charge on any atom is 0.311 e. The highest BCUT2D eigenvalue weighted by molar-refractivity contribution is 7.11. The Bertz CT molecular complexity index is 515. The van der Waals surface area contributed by atoms with E-state index in [1.807, 2.05) is 18.4 Å². The third kappa shape index (κ3) is 3.04. The van der Waals surface area contributed by atoms with Crippen molar-refractivity contribution in [2.45, 2.75) is 26.2 Å². The summed E-state index contributed by atoms with van der Waals surface area (Å²) < 4.78 is 0. The van der Waals surface area contributed by atoms with E-state index < -0.39 is 11.4 Å². The van der Waals surface area contributed by atoms with Crippen molar-refractivity contribution in [3.63, 3.8) is 0 Å². The molecule has 0 saturated heterocycles. The van der Waals surface area contributed by atoms with Gasteiger partial charge in [0.15, 0.2) is 0 Å². The Morgan fingerprint density at radius 1 is 1.53 bits per heavy atom. The van der Waals surface area contributed by atoms with Gasteiger partial charge in [-0.15, -0.1) is 11.3 Å². The van der Waals surface area contributed by atoms with Crippen LogP contribution in [0.3, 0.4) is 0 Å². The molecule has 0 aliphatic heterocycles. The minimum absolute atomic E-state index is 0.217. The monoisotopic (exact) mass is 279 g/mol. The quantitative estimate of drug-likeness (QED) is 0.814. The van der Waals surface area contributed by atoms with Gasteiger partial charge in [-0.2, -0.15) is 0 Å². The van der Waals surface area contributed by atoms with E-state index in [2.05, 4.69) is 5.32 Å². The van der Waals surface area contributed by atoms with E-state index >= 15 is 0 Å². The molecular formula is C14H17NO3S. The van der Waals surface area contributed by atoms with Crippen molar-refractivity contribution >= 4 is 29.3 Å². The Kier molecular flexibility index (Phi) is 4.04. The number of hydrogen-bond acceptors (Lipinski definition) is 3. The summed E-state index contributed by atoms with van der Waals surface area (Å²) in [5.74, 6) is -1.04. The molecule has 19 heavy (non-hydrogen) atoms. The van der Waals surface area contributed by atoms with E-state index in [0.717, 1.165) is 16.9 Å². The van der Waals surface area contributed by atoms with Gasteiger partial charge in [0.05, 0.1) is 5.41 Å². The molecule has 0 unspecified atom stereocenters. The predicted molar refractivity (Wildman–Crippen MR) is 75.0 cm³/mol. The maximum atomic E-state index is 11.7. The van der Waals surface area contributed by atoms with Crippen LogP contribution in [0.15, 0.2) is 17.5 Å². The first-order valence-corrected chi connectivity index (χ1v) is 7.15. The summed E-state index contributed by atoms with van der Waals surface area (Å²) in [4.78, 5) is 23.9. The number of thiophene rings is 1. The van der Waals surface area contributed by atoms with Crippen molar-refractivity contribution in [3.05, 3.63) is 28.0 Å². The minimum Gasteiger partial charge on any atom is -0.481 e. The molecule has 2 N–H and O–H groups in total. The maximum absolute atomic E-state index is 11.7. The molecule has 1 aliphatic carbocycles. The third-order valence-electron chi connectivity index (χ3n) is 3.65. The summed E-state index contributed by atoms with van der Waals surface area (Å²) in [7, 11) is 0. The fourth-order valence-corrected chi connectivity index (χ4v) is 2.91. The van der Waals surface area contributed by atoms with E-state index in [1.165, 1.54) is 6.08 Å². The van der Waals surface area contributed by atoms with Gasteiger partial charge in [-0.3, -0.25) is 9.59 Å². The van der Waals surface area contributed by atoms with Crippen molar-refractivity contribution < 1.29 is 14.7 Å². The molecule has 1 aromatic rings. The zero-order valence-corrected chi connectivity index (χ0v) is 11.6. The standard InChI is InChI=1S/C14H17NO3S/c1-10-5-8-19-11(10)3-4-12(16)15-9-14(13(17)18)6-2-7-14/h3-5,8H,2,6-7,9H2,1H3,(H,15,16)(H,17,18)/b4-3+. The van der Waals surface area contributed by atoms with E-state index in [1.54, 1.807) is 17.4 Å². The predicted octanol–water partition coefficient (Wildman–Crippen LogP) is 2.44. The van der Waals surface area contributed by atoms with Crippen molar-refractivity contribution in [2.75, 3.05) is 6.54 Å². The topological polar surface area (TPSA) is 66.4 Å².